The van der Waals surface area contributed by atoms with Crippen molar-refractivity contribution in [2.45, 2.75) is 18.7 Å². The number of benzene rings is 4. The fourth-order valence-electron chi connectivity index (χ4n) is 4.04. The van der Waals surface area contributed by atoms with E-state index in [4.69, 9.17) is 4.74 Å². The highest BCUT2D eigenvalue weighted by Gasteiger charge is 2.26. The van der Waals surface area contributed by atoms with Gasteiger partial charge in [-0.25, -0.2) is 8.42 Å². The number of fused-ring (bicyclic) bond motifs is 2. The molecule has 0 N–H and O–H groups in total. The molecular formula is C23H18Br2O3S. The Morgan fingerprint density at radius 2 is 1.48 bits per heavy atom. The number of aryl methyl sites for hydroxylation is 2. The van der Waals surface area contributed by atoms with Gasteiger partial charge in [0, 0.05) is 15.6 Å². The van der Waals surface area contributed by atoms with E-state index < -0.39 is 8.27 Å². The Bertz CT molecular complexity index is 1390. The van der Waals surface area contributed by atoms with Crippen LogP contribution in [0.5, 0.6) is 5.75 Å². The second-order valence-electron chi connectivity index (χ2n) is 7.02. The number of methoxy groups -OCH3 is 1. The average molecular weight is 534 g/mol. The van der Waals surface area contributed by atoms with Crippen LogP contribution in [-0.4, -0.2) is 15.5 Å². The monoisotopic (exact) mass is 532 g/mol. The van der Waals surface area contributed by atoms with E-state index >= 15 is 0 Å². The Labute approximate surface area is 185 Å². The van der Waals surface area contributed by atoms with Crippen molar-refractivity contribution in [3.8, 4) is 16.9 Å². The summed E-state index contributed by atoms with van der Waals surface area (Å²) >= 11 is 6.47. The Hall–Kier alpha value is -1.89. The molecule has 4 aromatic rings. The highest BCUT2D eigenvalue weighted by Crippen LogP contribution is 2.47. The number of rotatable bonds is 3. The van der Waals surface area contributed by atoms with Crippen LogP contribution < -0.4 is 4.74 Å². The Balaban J connectivity index is 2.34. The maximum absolute atomic E-state index is 12.8. The minimum atomic E-state index is -3.67. The maximum Gasteiger partial charge on any atom is 0.238 e. The summed E-state index contributed by atoms with van der Waals surface area (Å²) in [4.78, 5) is 0.268. The van der Waals surface area contributed by atoms with Crippen LogP contribution in [0.4, 0.5) is 0 Å². The summed E-state index contributed by atoms with van der Waals surface area (Å²) in [6, 6.07) is 17.8. The largest absolute Gasteiger partial charge is 0.496 e. The number of ether oxygens (including phenoxy) is 1. The van der Waals surface area contributed by atoms with Crippen LogP contribution in [0.1, 0.15) is 11.1 Å². The quantitative estimate of drug-likeness (QED) is 0.263. The second kappa shape index (κ2) is 7.42. The second-order valence-corrected chi connectivity index (χ2v) is 11.8. The first-order chi connectivity index (χ1) is 13.7. The predicted molar refractivity (Wildman–Crippen MR) is 127 cm³/mol. The first-order valence-corrected chi connectivity index (χ1v) is 13.1. The molecule has 4 rings (SSSR count). The molecule has 29 heavy (non-hydrogen) atoms. The molecule has 0 aliphatic heterocycles. The van der Waals surface area contributed by atoms with Gasteiger partial charge in [-0.1, -0.05) is 52.3 Å². The molecule has 0 saturated carbocycles. The van der Waals surface area contributed by atoms with Crippen molar-refractivity contribution in [3.63, 3.8) is 0 Å². The van der Waals surface area contributed by atoms with Gasteiger partial charge in [-0.05, 0) is 64.7 Å². The van der Waals surface area contributed by atoms with Gasteiger partial charge in [0.1, 0.15) is 5.75 Å². The zero-order valence-corrected chi connectivity index (χ0v) is 20.1. The topological polar surface area (TPSA) is 43.4 Å². The van der Waals surface area contributed by atoms with Crippen LogP contribution in [-0.2, 0) is 8.27 Å². The predicted octanol–water partition coefficient (Wildman–Crippen LogP) is 7.13. The van der Waals surface area contributed by atoms with Crippen LogP contribution in [0.25, 0.3) is 32.7 Å². The summed E-state index contributed by atoms with van der Waals surface area (Å²) in [5.74, 6) is 0.674. The third kappa shape index (κ3) is 3.47. The summed E-state index contributed by atoms with van der Waals surface area (Å²) in [7, 11) is -2.05. The van der Waals surface area contributed by atoms with Gasteiger partial charge in [0.15, 0.2) is 0 Å². The molecule has 6 heteroatoms. The van der Waals surface area contributed by atoms with Gasteiger partial charge in [-0.3, -0.25) is 0 Å². The molecule has 0 spiro atoms. The van der Waals surface area contributed by atoms with Gasteiger partial charge < -0.3 is 4.74 Å². The summed E-state index contributed by atoms with van der Waals surface area (Å²) < 4.78 is 32.4. The third-order valence-electron chi connectivity index (χ3n) is 5.13. The molecule has 4 aromatic carbocycles. The lowest BCUT2D eigenvalue weighted by Crippen LogP contribution is -2.02. The van der Waals surface area contributed by atoms with Gasteiger partial charge in [0.25, 0.3) is 0 Å². The van der Waals surface area contributed by atoms with E-state index in [9.17, 15) is 8.42 Å². The lowest BCUT2D eigenvalue weighted by atomic mass is 9.90. The average Bonchev–Trinajstić information content (AvgIpc) is 2.64. The first kappa shape index (κ1) is 20.4. The highest BCUT2D eigenvalue weighted by atomic mass is 79.9. The van der Waals surface area contributed by atoms with Gasteiger partial charge in [-0.15, -0.1) is 0 Å². The zero-order chi connectivity index (χ0) is 20.9. The third-order valence-corrected chi connectivity index (χ3v) is 7.60. The van der Waals surface area contributed by atoms with E-state index in [-0.39, 0.29) is 4.90 Å². The van der Waals surface area contributed by atoms with Gasteiger partial charge in [0.05, 0.1) is 26.8 Å². The molecule has 0 heterocycles. The van der Waals surface area contributed by atoms with Crippen molar-refractivity contribution in [1.82, 2.24) is 0 Å². The van der Waals surface area contributed by atoms with Crippen LogP contribution >= 0.6 is 30.7 Å². The van der Waals surface area contributed by atoms with Crippen molar-refractivity contribution in [3.05, 3.63) is 70.2 Å². The van der Waals surface area contributed by atoms with Crippen molar-refractivity contribution in [1.29, 1.82) is 0 Å². The molecule has 0 amide bonds. The van der Waals surface area contributed by atoms with Crippen molar-refractivity contribution >= 4 is 60.6 Å². The standard InChI is InChI=1S/C23H18Br2O3S/c1-13-10-16-12-17(24)8-9-19(16)20(22(13)28-3)21-18-7-5-4-6-15(18)11-14(2)23(21)29(25,26)27/h4-12H,1-3H3. The normalized spacial score (nSPS) is 11.9. The number of hydrogen-bond donors (Lipinski definition) is 0. The Kier molecular flexibility index (Phi) is 5.21. The van der Waals surface area contributed by atoms with E-state index in [0.29, 0.717) is 16.9 Å². The molecule has 0 aromatic heterocycles. The van der Waals surface area contributed by atoms with E-state index in [2.05, 4.69) is 36.8 Å². The molecular weight excluding hydrogens is 516 g/mol. The summed E-state index contributed by atoms with van der Waals surface area (Å²) in [5.41, 5.74) is 3.07. The summed E-state index contributed by atoms with van der Waals surface area (Å²) in [6.07, 6.45) is 0. The van der Waals surface area contributed by atoms with Crippen LogP contribution in [0.3, 0.4) is 0 Å². The number of hydrogen-bond acceptors (Lipinski definition) is 3. The van der Waals surface area contributed by atoms with Crippen molar-refractivity contribution in [2.24, 2.45) is 0 Å². The molecule has 0 fully saturated rings. The number of halogens is 2. The van der Waals surface area contributed by atoms with Crippen LogP contribution in [0.2, 0.25) is 0 Å². The van der Waals surface area contributed by atoms with Gasteiger partial charge in [-0.2, -0.15) is 0 Å². The van der Waals surface area contributed by atoms with E-state index in [1.807, 2.05) is 62.4 Å². The molecule has 3 nitrogen and oxygen atoms in total. The van der Waals surface area contributed by atoms with Crippen molar-refractivity contribution in [2.75, 3.05) is 7.11 Å². The molecule has 0 bridgehead atoms. The van der Waals surface area contributed by atoms with Crippen LogP contribution in [0.15, 0.2) is 64.0 Å². The molecule has 0 atom stereocenters. The minimum absolute atomic E-state index is 0.268. The molecule has 0 aliphatic carbocycles. The molecule has 0 radical (unpaired) electrons. The molecule has 148 valence electrons. The highest BCUT2D eigenvalue weighted by molar-refractivity contribution is 9.47. The van der Waals surface area contributed by atoms with Crippen molar-refractivity contribution < 1.29 is 13.2 Å². The molecule has 0 unspecified atom stereocenters. The molecule has 0 saturated heterocycles. The van der Waals surface area contributed by atoms with Gasteiger partial charge >= 0.3 is 0 Å². The zero-order valence-electron chi connectivity index (χ0n) is 16.1. The van der Waals surface area contributed by atoms with E-state index in [1.54, 1.807) is 7.11 Å². The molecule has 0 aliphatic rings. The smallest absolute Gasteiger partial charge is 0.238 e. The lowest BCUT2D eigenvalue weighted by molar-refractivity contribution is 0.414. The summed E-state index contributed by atoms with van der Waals surface area (Å²) in [5, 5.41) is 3.79. The summed E-state index contributed by atoms with van der Waals surface area (Å²) in [6.45, 7) is 3.80. The maximum atomic E-state index is 12.8. The first-order valence-electron chi connectivity index (χ1n) is 8.96. The van der Waals surface area contributed by atoms with Gasteiger partial charge in [0.2, 0.25) is 8.27 Å². The Morgan fingerprint density at radius 3 is 2.17 bits per heavy atom. The minimum Gasteiger partial charge on any atom is -0.496 e. The SMILES string of the molecule is COc1c(C)cc2cc(Br)ccc2c1-c1c(S(=O)(=O)Br)c(C)cc2ccccc12. The fourth-order valence-corrected chi connectivity index (χ4v) is 6.57. The Morgan fingerprint density at radius 1 is 0.828 bits per heavy atom. The van der Waals surface area contributed by atoms with Crippen LogP contribution in [0, 0.1) is 13.8 Å². The fraction of sp³-hybridized carbons (Fsp3) is 0.130. The van der Waals surface area contributed by atoms with E-state index in [0.717, 1.165) is 37.1 Å². The lowest BCUT2D eigenvalue weighted by Gasteiger charge is -2.20. The van der Waals surface area contributed by atoms with E-state index in [1.165, 1.54) is 0 Å².